The quantitative estimate of drug-likeness (QED) is 0.676. The third-order valence-corrected chi connectivity index (χ3v) is 1.36. The van der Waals surface area contributed by atoms with Crippen LogP contribution in [-0.4, -0.2) is 30.2 Å². The fourth-order valence-corrected chi connectivity index (χ4v) is 0.771. The second-order valence-electron chi connectivity index (χ2n) is 2.30. The average Bonchev–Trinajstić information content (AvgIpc) is 2.19. The van der Waals surface area contributed by atoms with Gasteiger partial charge < -0.3 is 10.1 Å². The molecule has 0 spiro atoms. The Morgan fingerprint density at radius 1 is 1.69 bits per heavy atom. The largest absolute Gasteiger partial charge is 0.383 e. The predicted octanol–water partition coefficient (Wildman–Crippen LogP) is 0.407. The number of anilines is 1. The summed E-state index contributed by atoms with van der Waals surface area (Å²) in [5.41, 5.74) is 0.356. The zero-order chi connectivity index (χ0) is 9.52. The van der Waals surface area contributed by atoms with E-state index in [0.29, 0.717) is 24.8 Å². The van der Waals surface area contributed by atoms with Gasteiger partial charge in [0.05, 0.1) is 6.61 Å². The fraction of sp³-hybridized carbons (Fsp3) is 0.375. The molecule has 0 saturated carbocycles. The van der Waals surface area contributed by atoms with Crippen molar-refractivity contribution in [2.45, 2.75) is 0 Å². The highest BCUT2D eigenvalue weighted by atomic mass is 16.5. The average molecular weight is 178 g/mol. The number of methoxy groups -OCH3 is 1. The summed E-state index contributed by atoms with van der Waals surface area (Å²) >= 11 is 0. The summed E-state index contributed by atoms with van der Waals surface area (Å²) in [6.07, 6.45) is 1.54. The molecule has 0 amide bonds. The van der Waals surface area contributed by atoms with Gasteiger partial charge in [0.15, 0.2) is 0 Å². The molecule has 68 valence electrons. The Labute approximate surface area is 76.4 Å². The normalized spacial score (nSPS) is 9.23. The highest BCUT2D eigenvalue weighted by Crippen LogP contribution is 1.97. The van der Waals surface area contributed by atoms with Crippen LogP contribution in [0.2, 0.25) is 0 Å². The molecule has 0 fully saturated rings. The van der Waals surface area contributed by atoms with E-state index < -0.39 is 0 Å². The molecule has 5 nitrogen and oxygen atoms in total. The molecule has 0 aromatic carbocycles. The topological polar surface area (TPSA) is 70.8 Å². The molecule has 1 aromatic rings. The van der Waals surface area contributed by atoms with Gasteiger partial charge in [0, 0.05) is 19.9 Å². The van der Waals surface area contributed by atoms with E-state index in [2.05, 4.69) is 15.3 Å². The van der Waals surface area contributed by atoms with Gasteiger partial charge in [0.25, 0.3) is 0 Å². The van der Waals surface area contributed by atoms with Gasteiger partial charge in [0.1, 0.15) is 11.8 Å². The lowest BCUT2D eigenvalue weighted by Crippen LogP contribution is -2.10. The van der Waals surface area contributed by atoms with Crippen LogP contribution in [0.25, 0.3) is 0 Å². The van der Waals surface area contributed by atoms with Crippen molar-refractivity contribution in [2.75, 3.05) is 25.6 Å². The first-order valence-corrected chi connectivity index (χ1v) is 3.83. The van der Waals surface area contributed by atoms with Crippen LogP contribution in [0, 0.1) is 11.3 Å². The molecule has 0 atom stereocenters. The minimum absolute atomic E-state index is 0.356. The molecule has 0 bridgehead atoms. The Bertz CT molecular complexity index is 307. The van der Waals surface area contributed by atoms with E-state index in [-0.39, 0.29) is 0 Å². The Balaban J connectivity index is 2.52. The van der Waals surface area contributed by atoms with Crippen LogP contribution < -0.4 is 5.32 Å². The maximum Gasteiger partial charge on any atom is 0.223 e. The minimum Gasteiger partial charge on any atom is -0.383 e. The molecule has 1 aromatic heterocycles. The number of hydrogen-bond donors (Lipinski definition) is 1. The molecule has 0 aliphatic carbocycles. The smallest absolute Gasteiger partial charge is 0.223 e. The van der Waals surface area contributed by atoms with Crippen molar-refractivity contribution >= 4 is 5.95 Å². The number of nitriles is 1. The van der Waals surface area contributed by atoms with Gasteiger partial charge in [-0.1, -0.05) is 0 Å². The van der Waals surface area contributed by atoms with Crippen molar-refractivity contribution in [3.8, 4) is 6.07 Å². The Kier molecular flexibility index (Phi) is 3.67. The van der Waals surface area contributed by atoms with Gasteiger partial charge in [0.2, 0.25) is 5.95 Å². The van der Waals surface area contributed by atoms with Gasteiger partial charge in [-0.05, 0) is 6.07 Å². The summed E-state index contributed by atoms with van der Waals surface area (Å²) in [6, 6.07) is 3.49. The maximum atomic E-state index is 8.54. The molecule has 0 aliphatic heterocycles. The molecule has 1 N–H and O–H groups in total. The summed E-state index contributed by atoms with van der Waals surface area (Å²) in [5, 5.41) is 11.5. The van der Waals surface area contributed by atoms with Crippen LogP contribution >= 0.6 is 0 Å². The number of rotatable bonds is 4. The summed E-state index contributed by atoms with van der Waals surface area (Å²) in [4.78, 5) is 7.85. The predicted molar refractivity (Wildman–Crippen MR) is 47.1 cm³/mol. The van der Waals surface area contributed by atoms with Crippen molar-refractivity contribution in [3.63, 3.8) is 0 Å². The number of nitrogens with one attached hydrogen (secondary N) is 1. The van der Waals surface area contributed by atoms with E-state index in [4.69, 9.17) is 10.00 Å². The second kappa shape index (κ2) is 5.06. The zero-order valence-electron chi connectivity index (χ0n) is 7.32. The van der Waals surface area contributed by atoms with Gasteiger partial charge >= 0.3 is 0 Å². The molecule has 0 unspecified atom stereocenters. The molecule has 0 radical (unpaired) electrons. The minimum atomic E-state index is 0.356. The molecule has 1 rings (SSSR count). The number of hydrogen-bond acceptors (Lipinski definition) is 5. The van der Waals surface area contributed by atoms with Gasteiger partial charge in [-0.25, -0.2) is 9.97 Å². The summed E-state index contributed by atoms with van der Waals surface area (Å²) in [6.45, 7) is 1.21. The van der Waals surface area contributed by atoms with E-state index in [0.717, 1.165) is 0 Å². The highest BCUT2D eigenvalue weighted by Gasteiger charge is 1.96. The summed E-state index contributed by atoms with van der Waals surface area (Å²) in [7, 11) is 1.62. The van der Waals surface area contributed by atoms with Crippen molar-refractivity contribution in [3.05, 3.63) is 18.0 Å². The van der Waals surface area contributed by atoms with E-state index >= 15 is 0 Å². The maximum absolute atomic E-state index is 8.54. The second-order valence-corrected chi connectivity index (χ2v) is 2.30. The van der Waals surface area contributed by atoms with E-state index in [1.165, 1.54) is 0 Å². The molecule has 5 heteroatoms. The number of ether oxygens (including phenoxy) is 1. The summed E-state index contributed by atoms with van der Waals surface area (Å²) in [5.74, 6) is 0.455. The van der Waals surface area contributed by atoms with Gasteiger partial charge in [-0.15, -0.1) is 0 Å². The highest BCUT2D eigenvalue weighted by molar-refractivity contribution is 5.29. The van der Waals surface area contributed by atoms with Crippen LogP contribution in [0.5, 0.6) is 0 Å². The molecule has 0 saturated heterocycles. The van der Waals surface area contributed by atoms with Gasteiger partial charge in [-0.3, -0.25) is 0 Å². The first kappa shape index (κ1) is 9.42. The SMILES string of the molecule is COCCNc1nccc(C#N)n1. The Hall–Kier alpha value is -1.67. The van der Waals surface area contributed by atoms with Crippen molar-refractivity contribution in [2.24, 2.45) is 0 Å². The Morgan fingerprint density at radius 2 is 2.54 bits per heavy atom. The third-order valence-electron chi connectivity index (χ3n) is 1.36. The number of aromatic nitrogens is 2. The lowest BCUT2D eigenvalue weighted by Gasteiger charge is -2.02. The van der Waals surface area contributed by atoms with Gasteiger partial charge in [-0.2, -0.15) is 5.26 Å². The first-order chi connectivity index (χ1) is 6.36. The lowest BCUT2D eigenvalue weighted by atomic mass is 10.4. The van der Waals surface area contributed by atoms with E-state index in [1.807, 2.05) is 6.07 Å². The summed E-state index contributed by atoms with van der Waals surface area (Å²) < 4.78 is 4.84. The van der Waals surface area contributed by atoms with Crippen LogP contribution in [0.15, 0.2) is 12.3 Å². The van der Waals surface area contributed by atoms with E-state index in [1.54, 1.807) is 19.4 Å². The zero-order valence-corrected chi connectivity index (χ0v) is 7.32. The first-order valence-electron chi connectivity index (χ1n) is 3.83. The fourth-order valence-electron chi connectivity index (χ4n) is 0.771. The lowest BCUT2D eigenvalue weighted by molar-refractivity contribution is 0.210. The van der Waals surface area contributed by atoms with Crippen molar-refractivity contribution in [1.29, 1.82) is 5.26 Å². The van der Waals surface area contributed by atoms with Crippen LogP contribution in [-0.2, 0) is 4.74 Å². The molecule has 13 heavy (non-hydrogen) atoms. The van der Waals surface area contributed by atoms with Crippen LogP contribution in [0.3, 0.4) is 0 Å². The monoisotopic (exact) mass is 178 g/mol. The van der Waals surface area contributed by atoms with Crippen LogP contribution in [0.4, 0.5) is 5.95 Å². The number of nitrogens with zero attached hydrogens (tertiary/aromatic N) is 3. The standard InChI is InChI=1S/C8H10N4O/c1-13-5-4-11-8-10-3-2-7(6-9)12-8/h2-3H,4-5H2,1H3,(H,10,11,12). The molecule has 1 heterocycles. The van der Waals surface area contributed by atoms with Crippen LogP contribution in [0.1, 0.15) is 5.69 Å². The molecule has 0 aliphatic rings. The molecular formula is C8H10N4O. The van der Waals surface area contributed by atoms with E-state index in [9.17, 15) is 0 Å². The van der Waals surface area contributed by atoms with Crippen molar-refractivity contribution in [1.82, 2.24) is 9.97 Å². The van der Waals surface area contributed by atoms with Crippen molar-refractivity contribution < 1.29 is 4.74 Å². The third kappa shape index (κ3) is 3.05. The Morgan fingerprint density at radius 3 is 3.23 bits per heavy atom. The molecular weight excluding hydrogens is 168 g/mol.